The highest BCUT2D eigenvalue weighted by Gasteiger charge is 2.30. The third-order valence-corrected chi connectivity index (χ3v) is 5.40. The number of amides is 1. The molecule has 7 heteroatoms. The predicted octanol–water partition coefficient (Wildman–Crippen LogP) is 4.08. The lowest BCUT2D eigenvalue weighted by molar-refractivity contribution is -0.384. The molecule has 0 saturated heterocycles. The van der Waals surface area contributed by atoms with Gasteiger partial charge in [0.05, 0.1) is 17.7 Å². The Morgan fingerprint density at radius 1 is 1.29 bits per heavy atom. The normalized spacial score (nSPS) is 15.7. The number of anilines is 2. The van der Waals surface area contributed by atoms with Crippen molar-refractivity contribution in [3.63, 3.8) is 0 Å². The van der Waals surface area contributed by atoms with Gasteiger partial charge in [-0.05, 0) is 61.9 Å². The first kappa shape index (κ1) is 18.3. The first-order valence-electron chi connectivity index (χ1n) is 9.53. The lowest BCUT2D eigenvalue weighted by Crippen LogP contribution is -2.36. The van der Waals surface area contributed by atoms with Gasteiger partial charge in [-0.3, -0.25) is 14.9 Å². The number of fused-ring (bicyclic) bond motifs is 1. The van der Waals surface area contributed by atoms with E-state index in [0.29, 0.717) is 29.6 Å². The summed E-state index contributed by atoms with van der Waals surface area (Å²) in [4.78, 5) is 26.1. The van der Waals surface area contributed by atoms with E-state index in [0.717, 1.165) is 42.5 Å². The van der Waals surface area contributed by atoms with Crippen LogP contribution in [0, 0.1) is 17.0 Å². The summed E-state index contributed by atoms with van der Waals surface area (Å²) in [6.45, 7) is 2.58. The number of aryl methyl sites for hydroxylation is 1. The van der Waals surface area contributed by atoms with Crippen molar-refractivity contribution >= 4 is 23.0 Å². The van der Waals surface area contributed by atoms with E-state index in [-0.39, 0.29) is 11.6 Å². The molecular formula is C21H23N3O4. The van der Waals surface area contributed by atoms with Gasteiger partial charge in [0.15, 0.2) is 0 Å². The number of ether oxygens (including phenoxy) is 1. The average molecular weight is 381 g/mol. The number of nitro benzene ring substituents is 1. The fourth-order valence-corrected chi connectivity index (χ4v) is 3.76. The number of nitro groups is 1. The van der Waals surface area contributed by atoms with Crippen LogP contribution in [0.4, 0.5) is 17.1 Å². The molecule has 0 spiro atoms. The highest BCUT2D eigenvalue weighted by Crippen LogP contribution is 2.39. The maximum Gasteiger partial charge on any atom is 0.293 e. The van der Waals surface area contributed by atoms with Crippen LogP contribution in [0.1, 0.15) is 40.7 Å². The summed E-state index contributed by atoms with van der Waals surface area (Å²) in [6.07, 6.45) is 3.76. The Labute approximate surface area is 163 Å². The number of carbonyl (C=O) groups excluding carboxylic acids is 1. The minimum absolute atomic E-state index is 0.0637. The number of carbonyl (C=O) groups is 1. The fraction of sp³-hybridized carbons (Fsp3) is 0.381. The first-order chi connectivity index (χ1) is 13.5. The molecule has 1 amide bonds. The lowest BCUT2D eigenvalue weighted by Gasteiger charge is -2.32. The molecule has 1 saturated carbocycles. The summed E-state index contributed by atoms with van der Waals surface area (Å²) < 4.78 is 5.50. The SMILES string of the molecule is COc1ccc(C)c2c1N(C(=O)c1ccc(NC3CC3)c([N+](=O)[O-])c1)CCC2. The summed E-state index contributed by atoms with van der Waals surface area (Å²) in [5.74, 6) is 0.404. The van der Waals surface area contributed by atoms with Gasteiger partial charge in [-0.15, -0.1) is 0 Å². The zero-order chi connectivity index (χ0) is 19.8. The van der Waals surface area contributed by atoms with Gasteiger partial charge in [-0.25, -0.2) is 0 Å². The first-order valence-corrected chi connectivity index (χ1v) is 9.53. The van der Waals surface area contributed by atoms with Crippen molar-refractivity contribution < 1.29 is 14.5 Å². The smallest absolute Gasteiger partial charge is 0.293 e. The van der Waals surface area contributed by atoms with Crippen LogP contribution in [0.15, 0.2) is 30.3 Å². The predicted molar refractivity (Wildman–Crippen MR) is 107 cm³/mol. The van der Waals surface area contributed by atoms with Crippen LogP contribution in [0.5, 0.6) is 5.75 Å². The second-order valence-electron chi connectivity index (χ2n) is 7.38. The summed E-state index contributed by atoms with van der Waals surface area (Å²) in [7, 11) is 1.59. The monoisotopic (exact) mass is 381 g/mol. The second kappa shape index (κ2) is 7.14. The Balaban J connectivity index is 1.72. The number of methoxy groups -OCH3 is 1. The highest BCUT2D eigenvalue weighted by atomic mass is 16.6. The Bertz CT molecular complexity index is 953. The molecule has 1 aliphatic heterocycles. The Morgan fingerprint density at radius 3 is 2.75 bits per heavy atom. The van der Waals surface area contributed by atoms with Gasteiger partial charge < -0.3 is 15.0 Å². The standard InChI is InChI=1S/C21H23N3O4/c1-13-5-10-19(28-2)20-16(13)4-3-11-23(20)21(25)14-6-9-17(22-15-7-8-15)18(12-14)24(26)27/h5-6,9-10,12,15,22H,3-4,7-8,11H2,1-2H3. The average Bonchev–Trinajstić information content (AvgIpc) is 3.52. The third-order valence-electron chi connectivity index (χ3n) is 5.40. The summed E-state index contributed by atoms with van der Waals surface area (Å²) in [5.41, 5.74) is 3.71. The van der Waals surface area contributed by atoms with E-state index in [9.17, 15) is 14.9 Å². The fourth-order valence-electron chi connectivity index (χ4n) is 3.76. The summed E-state index contributed by atoms with van der Waals surface area (Å²) in [6, 6.07) is 8.84. The molecule has 0 unspecified atom stereocenters. The minimum atomic E-state index is -0.434. The van der Waals surface area contributed by atoms with Gasteiger partial charge in [0.25, 0.3) is 11.6 Å². The molecule has 2 aromatic carbocycles. The topological polar surface area (TPSA) is 84.7 Å². The Morgan fingerprint density at radius 2 is 2.07 bits per heavy atom. The molecule has 146 valence electrons. The zero-order valence-corrected chi connectivity index (χ0v) is 16.0. The van der Waals surface area contributed by atoms with Gasteiger partial charge in [-0.1, -0.05) is 6.07 Å². The van der Waals surface area contributed by atoms with E-state index in [1.165, 1.54) is 6.07 Å². The Hall–Kier alpha value is -3.09. The van der Waals surface area contributed by atoms with Crippen LogP contribution in [0.2, 0.25) is 0 Å². The molecule has 1 aliphatic carbocycles. The molecule has 0 aromatic heterocycles. The molecule has 0 radical (unpaired) electrons. The van der Waals surface area contributed by atoms with Crippen LogP contribution in [-0.4, -0.2) is 30.5 Å². The van der Waals surface area contributed by atoms with E-state index in [1.54, 1.807) is 24.1 Å². The number of nitrogens with zero attached hydrogens (tertiary/aromatic N) is 2. The third kappa shape index (κ3) is 3.28. The van der Waals surface area contributed by atoms with Crippen molar-refractivity contribution in [2.45, 2.75) is 38.6 Å². The van der Waals surface area contributed by atoms with Crippen molar-refractivity contribution in [2.24, 2.45) is 0 Å². The maximum absolute atomic E-state index is 13.3. The van der Waals surface area contributed by atoms with Crippen molar-refractivity contribution in [3.05, 3.63) is 57.1 Å². The molecule has 7 nitrogen and oxygen atoms in total. The maximum atomic E-state index is 13.3. The number of benzene rings is 2. The van der Waals surface area contributed by atoms with Gasteiger partial charge >= 0.3 is 0 Å². The van der Waals surface area contributed by atoms with Crippen LogP contribution >= 0.6 is 0 Å². The van der Waals surface area contributed by atoms with E-state index >= 15 is 0 Å². The summed E-state index contributed by atoms with van der Waals surface area (Å²) in [5, 5.41) is 14.7. The quantitative estimate of drug-likeness (QED) is 0.623. The summed E-state index contributed by atoms with van der Waals surface area (Å²) >= 11 is 0. The van der Waals surface area contributed by atoms with Crippen LogP contribution < -0.4 is 15.0 Å². The molecule has 1 fully saturated rings. The van der Waals surface area contributed by atoms with Crippen LogP contribution in [-0.2, 0) is 6.42 Å². The molecule has 0 bridgehead atoms. The van der Waals surface area contributed by atoms with Crippen molar-refractivity contribution in [1.82, 2.24) is 0 Å². The molecule has 1 N–H and O–H groups in total. The lowest BCUT2D eigenvalue weighted by atomic mass is 9.95. The number of hydrogen-bond acceptors (Lipinski definition) is 5. The van der Waals surface area contributed by atoms with Crippen molar-refractivity contribution in [2.75, 3.05) is 23.9 Å². The number of nitrogens with one attached hydrogen (secondary N) is 1. The van der Waals surface area contributed by atoms with Crippen molar-refractivity contribution in [1.29, 1.82) is 0 Å². The van der Waals surface area contributed by atoms with Gasteiger partial charge in [0.1, 0.15) is 11.4 Å². The van der Waals surface area contributed by atoms with Crippen molar-refractivity contribution in [3.8, 4) is 5.75 Å². The van der Waals surface area contributed by atoms with Gasteiger partial charge in [-0.2, -0.15) is 0 Å². The van der Waals surface area contributed by atoms with E-state index in [4.69, 9.17) is 4.74 Å². The molecule has 1 heterocycles. The largest absolute Gasteiger partial charge is 0.495 e. The van der Waals surface area contributed by atoms with Crippen LogP contribution in [0.25, 0.3) is 0 Å². The molecule has 2 aliphatic rings. The second-order valence-corrected chi connectivity index (χ2v) is 7.38. The number of hydrogen-bond donors (Lipinski definition) is 1. The Kier molecular flexibility index (Phi) is 4.66. The van der Waals surface area contributed by atoms with E-state index in [1.807, 2.05) is 19.1 Å². The molecular weight excluding hydrogens is 358 g/mol. The molecule has 4 rings (SSSR count). The van der Waals surface area contributed by atoms with Crippen LogP contribution in [0.3, 0.4) is 0 Å². The molecule has 0 atom stereocenters. The van der Waals surface area contributed by atoms with Gasteiger partial charge in [0, 0.05) is 24.2 Å². The highest BCUT2D eigenvalue weighted by molar-refractivity contribution is 6.08. The number of rotatable bonds is 5. The zero-order valence-electron chi connectivity index (χ0n) is 16.0. The molecule has 2 aromatic rings. The van der Waals surface area contributed by atoms with Gasteiger partial charge in [0.2, 0.25) is 0 Å². The van der Waals surface area contributed by atoms with E-state index in [2.05, 4.69) is 5.32 Å². The van der Waals surface area contributed by atoms with E-state index < -0.39 is 4.92 Å². The molecule has 28 heavy (non-hydrogen) atoms. The minimum Gasteiger partial charge on any atom is -0.495 e.